The molecule has 1 aromatic carbocycles. The summed E-state index contributed by atoms with van der Waals surface area (Å²) < 4.78 is 2.20. The Hall–Kier alpha value is -1.61. The molecule has 1 saturated heterocycles. The van der Waals surface area contributed by atoms with E-state index in [-0.39, 0.29) is 0 Å². The number of aromatic nitrogens is 2. The molecule has 0 bridgehead atoms. The Bertz CT molecular complexity index is 507. The smallest absolute Gasteiger partial charge is 0.0994 e. The number of nitrogens with zero attached hydrogens (tertiary/aromatic N) is 2. The van der Waals surface area contributed by atoms with Gasteiger partial charge in [-0.3, -0.25) is 0 Å². The standard InChI is InChI=1S/C15H19N3/c1-2-12-5-7-13(8-6-12)18-11-16-10-15(18)14-4-3-9-17-14/h5-8,10-11,14,17H,2-4,9H2,1H3/t14-/m0/s1. The number of hydrogen-bond donors (Lipinski definition) is 1. The average molecular weight is 241 g/mol. The lowest BCUT2D eigenvalue weighted by atomic mass is 10.1. The van der Waals surface area contributed by atoms with Crippen LogP contribution in [-0.2, 0) is 6.42 Å². The van der Waals surface area contributed by atoms with Crippen molar-refractivity contribution in [2.75, 3.05) is 6.54 Å². The number of rotatable bonds is 3. The van der Waals surface area contributed by atoms with Crippen molar-refractivity contribution in [2.24, 2.45) is 0 Å². The van der Waals surface area contributed by atoms with E-state index in [1.165, 1.54) is 29.8 Å². The van der Waals surface area contributed by atoms with Gasteiger partial charge in [0.2, 0.25) is 0 Å². The second-order valence-electron chi connectivity index (χ2n) is 4.86. The highest BCUT2D eigenvalue weighted by Crippen LogP contribution is 2.25. The topological polar surface area (TPSA) is 29.9 Å². The molecule has 94 valence electrons. The number of imidazole rings is 1. The van der Waals surface area contributed by atoms with Crippen molar-refractivity contribution >= 4 is 0 Å². The number of benzene rings is 1. The van der Waals surface area contributed by atoms with Crippen LogP contribution in [0.5, 0.6) is 0 Å². The predicted octanol–water partition coefficient (Wildman–Crippen LogP) is 2.86. The van der Waals surface area contributed by atoms with Crippen molar-refractivity contribution < 1.29 is 0 Å². The highest BCUT2D eigenvalue weighted by Gasteiger charge is 2.20. The van der Waals surface area contributed by atoms with Gasteiger partial charge in [0, 0.05) is 11.7 Å². The maximum absolute atomic E-state index is 4.31. The van der Waals surface area contributed by atoms with Crippen LogP contribution in [0.2, 0.25) is 0 Å². The zero-order chi connectivity index (χ0) is 12.4. The molecule has 0 amide bonds. The van der Waals surface area contributed by atoms with Gasteiger partial charge in [0.1, 0.15) is 0 Å². The molecule has 18 heavy (non-hydrogen) atoms. The molecule has 1 fully saturated rings. The van der Waals surface area contributed by atoms with E-state index in [1.54, 1.807) is 0 Å². The molecule has 1 aliphatic rings. The minimum absolute atomic E-state index is 0.457. The fourth-order valence-corrected chi connectivity index (χ4v) is 2.61. The van der Waals surface area contributed by atoms with Crippen LogP contribution in [0.1, 0.15) is 37.1 Å². The van der Waals surface area contributed by atoms with Crippen molar-refractivity contribution in [1.82, 2.24) is 14.9 Å². The Morgan fingerprint density at radius 3 is 2.83 bits per heavy atom. The van der Waals surface area contributed by atoms with Crippen LogP contribution in [0.3, 0.4) is 0 Å². The summed E-state index contributed by atoms with van der Waals surface area (Å²) in [5.41, 5.74) is 3.85. The van der Waals surface area contributed by atoms with Crippen molar-refractivity contribution in [1.29, 1.82) is 0 Å². The van der Waals surface area contributed by atoms with Gasteiger partial charge in [-0.25, -0.2) is 4.98 Å². The van der Waals surface area contributed by atoms with E-state index < -0.39 is 0 Å². The first kappa shape index (κ1) is 11.5. The van der Waals surface area contributed by atoms with Crippen molar-refractivity contribution in [3.8, 4) is 5.69 Å². The number of aryl methyl sites for hydroxylation is 1. The van der Waals surface area contributed by atoms with Crippen LogP contribution in [-0.4, -0.2) is 16.1 Å². The zero-order valence-electron chi connectivity index (χ0n) is 10.8. The maximum atomic E-state index is 4.31. The number of nitrogens with one attached hydrogen (secondary N) is 1. The third-order valence-electron chi connectivity index (χ3n) is 3.71. The maximum Gasteiger partial charge on any atom is 0.0994 e. The largest absolute Gasteiger partial charge is 0.309 e. The summed E-state index contributed by atoms with van der Waals surface area (Å²) in [7, 11) is 0. The Balaban J connectivity index is 1.93. The first-order chi connectivity index (χ1) is 8.88. The van der Waals surface area contributed by atoms with E-state index >= 15 is 0 Å². The molecular formula is C15H19N3. The molecule has 1 aliphatic heterocycles. The van der Waals surface area contributed by atoms with Gasteiger partial charge in [-0.05, 0) is 43.5 Å². The van der Waals surface area contributed by atoms with Gasteiger partial charge >= 0.3 is 0 Å². The quantitative estimate of drug-likeness (QED) is 0.895. The molecule has 0 saturated carbocycles. The molecular weight excluding hydrogens is 222 g/mol. The van der Waals surface area contributed by atoms with Crippen molar-refractivity contribution in [3.05, 3.63) is 48.0 Å². The van der Waals surface area contributed by atoms with E-state index in [1.807, 2.05) is 12.5 Å². The lowest BCUT2D eigenvalue weighted by molar-refractivity contribution is 0.615. The summed E-state index contributed by atoms with van der Waals surface area (Å²) >= 11 is 0. The van der Waals surface area contributed by atoms with Gasteiger partial charge in [0.15, 0.2) is 0 Å². The van der Waals surface area contributed by atoms with Crippen LogP contribution < -0.4 is 5.32 Å². The third-order valence-corrected chi connectivity index (χ3v) is 3.71. The van der Waals surface area contributed by atoms with E-state index in [2.05, 4.69) is 46.1 Å². The molecule has 2 aromatic rings. The molecule has 3 rings (SSSR count). The summed E-state index contributed by atoms with van der Waals surface area (Å²) in [6, 6.07) is 9.21. The van der Waals surface area contributed by atoms with Crippen LogP contribution in [0.4, 0.5) is 0 Å². The summed E-state index contributed by atoms with van der Waals surface area (Å²) in [5.74, 6) is 0. The summed E-state index contributed by atoms with van der Waals surface area (Å²) in [6.45, 7) is 3.30. The first-order valence-corrected chi connectivity index (χ1v) is 6.73. The SMILES string of the molecule is CCc1ccc(-n2cncc2[C@@H]2CCCN2)cc1. The Morgan fingerprint density at radius 1 is 1.33 bits per heavy atom. The van der Waals surface area contributed by atoms with Gasteiger partial charge in [-0.2, -0.15) is 0 Å². The van der Waals surface area contributed by atoms with E-state index in [0.717, 1.165) is 13.0 Å². The van der Waals surface area contributed by atoms with Crippen LogP contribution in [0, 0.1) is 0 Å². The zero-order valence-corrected chi connectivity index (χ0v) is 10.8. The second kappa shape index (κ2) is 4.94. The summed E-state index contributed by atoms with van der Waals surface area (Å²) in [6.07, 6.45) is 7.44. The molecule has 1 atom stereocenters. The summed E-state index contributed by atoms with van der Waals surface area (Å²) in [5, 5.41) is 3.53. The second-order valence-corrected chi connectivity index (χ2v) is 4.86. The van der Waals surface area contributed by atoms with Gasteiger partial charge in [-0.15, -0.1) is 0 Å². The molecule has 1 N–H and O–H groups in total. The van der Waals surface area contributed by atoms with Crippen molar-refractivity contribution in [3.63, 3.8) is 0 Å². The predicted molar refractivity (Wildman–Crippen MR) is 72.9 cm³/mol. The lowest BCUT2D eigenvalue weighted by Crippen LogP contribution is -2.16. The van der Waals surface area contributed by atoms with Gasteiger partial charge < -0.3 is 9.88 Å². The van der Waals surface area contributed by atoms with E-state index in [4.69, 9.17) is 0 Å². The summed E-state index contributed by atoms with van der Waals surface area (Å²) in [4.78, 5) is 4.31. The van der Waals surface area contributed by atoms with Crippen LogP contribution in [0.25, 0.3) is 5.69 Å². The minimum atomic E-state index is 0.457. The average Bonchev–Trinajstić information content (AvgIpc) is 3.09. The van der Waals surface area contributed by atoms with E-state index in [9.17, 15) is 0 Å². The molecule has 0 aliphatic carbocycles. The normalized spacial score (nSPS) is 19.3. The molecule has 0 radical (unpaired) electrons. The Morgan fingerprint density at radius 2 is 2.17 bits per heavy atom. The Kier molecular flexibility index (Phi) is 3.15. The van der Waals surface area contributed by atoms with Crippen LogP contribution >= 0.6 is 0 Å². The molecule has 0 spiro atoms. The fourth-order valence-electron chi connectivity index (χ4n) is 2.61. The van der Waals surface area contributed by atoms with Crippen LogP contribution in [0.15, 0.2) is 36.8 Å². The van der Waals surface area contributed by atoms with Crippen molar-refractivity contribution in [2.45, 2.75) is 32.2 Å². The van der Waals surface area contributed by atoms with Gasteiger partial charge in [-0.1, -0.05) is 19.1 Å². The number of hydrogen-bond acceptors (Lipinski definition) is 2. The molecule has 2 heterocycles. The Labute approximate surface area is 108 Å². The van der Waals surface area contributed by atoms with Gasteiger partial charge in [0.25, 0.3) is 0 Å². The van der Waals surface area contributed by atoms with E-state index in [0.29, 0.717) is 6.04 Å². The molecule has 0 unspecified atom stereocenters. The molecule has 1 aromatic heterocycles. The lowest BCUT2D eigenvalue weighted by Gasteiger charge is -2.14. The third kappa shape index (κ3) is 2.06. The monoisotopic (exact) mass is 241 g/mol. The fraction of sp³-hybridized carbons (Fsp3) is 0.400. The first-order valence-electron chi connectivity index (χ1n) is 6.73. The highest BCUT2D eigenvalue weighted by molar-refractivity contribution is 5.37. The highest BCUT2D eigenvalue weighted by atomic mass is 15.1. The van der Waals surface area contributed by atoms with Gasteiger partial charge in [0.05, 0.1) is 18.2 Å². The minimum Gasteiger partial charge on any atom is -0.309 e. The molecule has 3 nitrogen and oxygen atoms in total. The molecule has 3 heteroatoms.